The first-order chi connectivity index (χ1) is 20.8. The van der Waals surface area contributed by atoms with Gasteiger partial charge in [0.2, 0.25) is 11.8 Å². The number of carbonyl (C=O) groups is 4. The number of allylic oxidation sites excluding steroid dienone is 1. The number of carbonyl (C=O) groups excluding carboxylic acids is 4. The predicted molar refractivity (Wildman–Crippen MR) is 163 cm³/mol. The van der Waals surface area contributed by atoms with Gasteiger partial charge in [-0.05, 0) is 68.4 Å². The summed E-state index contributed by atoms with van der Waals surface area (Å²) in [5.41, 5.74) is 9.82. The van der Waals surface area contributed by atoms with Gasteiger partial charge in [0.15, 0.2) is 0 Å². The Balaban J connectivity index is 0.959. The molecule has 0 bridgehead atoms. The van der Waals surface area contributed by atoms with Crippen LogP contribution in [-0.2, 0) is 9.59 Å². The number of imide groups is 2. The van der Waals surface area contributed by atoms with E-state index in [9.17, 15) is 19.2 Å². The van der Waals surface area contributed by atoms with E-state index in [1.54, 1.807) is 36.7 Å². The number of aliphatic imine (C=N–C) groups is 1. The number of hydrogen-bond donors (Lipinski definition) is 3. The molecule has 12 heteroatoms. The van der Waals surface area contributed by atoms with Gasteiger partial charge in [0.05, 0.1) is 39.6 Å². The summed E-state index contributed by atoms with van der Waals surface area (Å²) >= 11 is 6.19. The minimum Gasteiger partial charge on any atom is -0.404 e. The van der Waals surface area contributed by atoms with Crippen LogP contribution in [0.15, 0.2) is 53.8 Å². The van der Waals surface area contributed by atoms with Crippen molar-refractivity contribution in [3.63, 3.8) is 0 Å². The molecule has 4 N–H and O–H groups in total. The van der Waals surface area contributed by atoms with Gasteiger partial charge in [-0.15, -0.1) is 0 Å². The quantitative estimate of drug-likeness (QED) is 0.191. The Hall–Kier alpha value is -4.64. The van der Waals surface area contributed by atoms with Crippen molar-refractivity contribution in [2.75, 3.05) is 11.9 Å². The van der Waals surface area contributed by atoms with Gasteiger partial charge in [-0.1, -0.05) is 17.7 Å². The summed E-state index contributed by atoms with van der Waals surface area (Å²) in [5, 5.41) is 6.10. The molecular weight excluding hydrogens is 570 g/mol. The maximum absolute atomic E-state index is 13.0. The Bertz CT molecular complexity index is 1700. The van der Waals surface area contributed by atoms with Crippen LogP contribution in [0.5, 0.6) is 0 Å². The fraction of sp³-hybridized carbons (Fsp3) is 0.323. The van der Waals surface area contributed by atoms with E-state index in [1.165, 1.54) is 6.20 Å². The molecule has 0 radical (unpaired) electrons. The third kappa shape index (κ3) is 5.72. The number of piperidine rings is 1. The Morgan fingerprint density at radius 1 is 1.14 bits per heavy atom. The van der Waals surface area contributed by atoms with Crippen LogP contribution in [0.4, 0.5) is 5.69 Å². The Labute approximate surface area is 252 Å². The lowest BCUT2D eigenvalue weighted by molar-refractivity contribution is -0.136. The van der Waals surface area contributed by atoms with Gasteiger partial charge in [0, 0.05) is 36.6 Å². The minimum atomic E-state index is -0.970. The van der Waals surface area contributed by atoms with Gasteiger partial charge in [0.1, 0.15) is 11.6 Å². The van der Waals surface area contributed by atoms with Crippen LogP contribution in [-0.4, -0.2) is 63.3 Å². The number of halogens is 1. The topological polar surface area (TPSA) is 160 Å². The zero-order chi connectivity index (χ0) is 30.1. The van der Waals surface area contributed by atoms with Gasteiger partial charge in [-0.25, -0.2) is 4.98 Å². The van der Waals surface area contributed by atoms with E-state index >= 15 is 0 Å². The number of rotatable bonds is 9. The Morgan fingerprint density at radius 2 is 1.95 bits per heavy atom. The van der Waals surface area contributed by atoms with Gasteiger partial charge < -0.3 is 11.1 Å². The number of nitrogens with two attached hydrogens (primary N) is 1. The molecule has 3 aromatic rings. The molecule has 1 unspecified atom stereocenters. The van der Waals surface area contributed by atoms with Gasteiger partial charge in [-0.3, -0.25) is 39.4 Å². The van der Waals surface area contributed by atoms with Crippen LogP contribution in [0.2, 0.25) is 5.02 Å². The smallest absolute Gasteiger partial charge is 0.262 e. The summed E-state index contributed by atoms with van der Waals surface area (Å²) < 4.78 is 0. The molecule has 1 aliphatic carbocycles. The summed E-state index contributed by atoms with van der Waals surface area (Å²) in [6, 6.07) is 9.78. The van der Waals surface area contributed by atoms with E-state index in [4.69, 9.17) is 22.3 Å². The minimum absolute atomic E-state index is 0.0904. The molecule has 1 saturated heterocycles. The fourth-order valence-corrected chi connectivity index (χ4v) is 6.01. The van der Waals surface area contributed by atoms with Crippen molar-refractivity contribution in [1.29, 1.82) is 0 Å². The van der Waals surface area contributed by atoms with Crippen molar-refractivity contribution in [1.82, 2.24) is 20.2 Å². The average molecular weight is 600 g/mol. The fourth-order valence-electron chi connectivity index (χ4n) is 5.79. The zero-order valence-corrected chi connectivity index (χ0v) is 24.0. The van der Waals surface area contributed by atoms with Crippen molar-refractivity contribution in [3.8, 4) is 0 Å². The summed E-state index contributed by atoms with van der Waals surface area (Å²) in [7, 11) is 0. The van der Waals surface area contributed by atoms with Gasteiger partial charge >= 0.3 is 0 Å². The molecule has 11 nitrogen and oxygen atoms in total. The third-order valence-electron chi connectivity index (χ3n) is 8.19. The van der Waals surface area contributed by atoms with Crippen molar-refractivity contribution >= 4 is 63.7 Å². The lowest BCUT2D eigenvalue weighted by atomic mass is 9.78. The molecule has 1 atom stereocenters. The third-order valence-corrected chi connectivity index (χ3v) is 8.50. The van der Waals surface area contributed by atoms with Crippen LogP contribution in [0.3, 0.4) is 0 Å². The van der Waals surface area contributed by atoms with E-state index in [-0.39, 0.29) is 30.0 Å². The number of nitrogens with zero attached hydrogens (tertiary/aromatic N) is 4. The highest BCUT2D eigenvalue weighted by Crippen LogP contribution is 2.34. The summed E-state index contributed by atoms with van der Waals surface area (Å²) in [6.45, 7) is 0.715. The lowest BCUT2D eigenvalue weighted by Gasteiger charge is -2.32. The molecule has 43 heavy (non-hydrogen) atoms. The SMILES string of the molecule is NC=C(C=NC1CC(CCCNc2ccc3c(c2)C(=O)N(C2CCC(=O)NC2=O)C3=O)C1)c1cnc2c(Cl)cccc2n1. The molecule has 2 aliphatic heterocycles. The molecule has 3 heterocycles. The number of benzene rings is 2. The van der Waals surface area contributed by atoms with Crippen molar-refractivity contribution in [3.05, 3.63) is 70.6 Å². The molecule has 1 aromatic heterocycles. The van der Waals surface area contributed by atoms with Gasteiger partial charge in [0.25, 0.3) is 11.8 Å². The van der Waals surface area contributed by atoms with Crippen LogP contribution in [0, 0.1) is 5.92 Å². The first kappa shape index (κ1) is 28.5. The molecule has 2 fully saturated rings. The van der Waals surface area contributed by atoms with Crippen molar-refractivity contribution in [2.45, 2.75) is 50.6 Å². The first-order valence-electron chi connectivity index (χ1n) is 14.3. The number of para-hydroxylation sites is 1. The number of aromatic nitrogens is 2. The van der Waals surface area contributed by atoms with E-state index < -0.39 is 29.7 Å². The largest absolute Gasteiger partial charge is 0.404 e. The highest BCUT2D eigenvalue weighted by molar-refractivity contribution is 6.34. The number of nitrogens with one attached hydrogen (secondary N) is 2. The van der Waals surface area contributed by atoms with E-state index in [1.807, 2.05) is 12.1 Å². The lowest BCUT2D eigenvalue weighted by Crippen LogP contribution is -2.54. The van der Waals surface area contributed by atoms with E-state index in [2.05, 4.69) is 20.6 Å². The summed E-state index contributed by atoms with van der Waals surface area (Å²) in [6.07, 6.45) is 9.11. The zero-order valence-electron chi connectivity index (χ0n) is 23.3. The number of amides is 4. The molecule has 220 valence electrons. The van der Waals surface area contributed by atoms with E-state index in [0.29, 0.717) is 39.8 Å². The summed E-state index contributed by atoms with van der Waals surface area (Å²) in [4.78, 5) is 64.3. The molecule has 3 aliphatic rings. The maximum atomic E-state index is 13.0. The second-order valence-corrected chi connectivity index (χ2v) is 11.4. The molecule has 0 spiro atoms. The standard InChI is InChI=1S/C31H30ClN7O4/c32-23-4-1-5-24-28(23)36-16-25(37-24)18(14-33)15-35-20-11-17(12-20)3-2-10-34-19-6-7-21-22(13-19)31(43)39(30(21)42)26-8-9-27(40)38-29(26)41/h1,4-7,13-17,20,26,34H,2-3,8-12,33H2,(H,38,40,41). The second kappa shape index (κ2) is 11.9. The highest BCUT2D eigenvalue weighted by atomic mass is 35.5. The Morgan fingerprint density at radius 3 is 2.74 bits per heavy atom. The number of fused-ring (bicyclic) bond motifs is 2. The second-order valence-electron chi connectivity index (χ2n) is 11.0. The molecular formula is C31H30ClN7O4. The number of anilines is 1. The van der Waals surface area contributed by atoms with Crippen LogP contribution in [0.1, 0.15) is 64.9 Å². The molecule has 2 aromatic carbocycles. The highest BCUT2D eigenvalue weighted by Gasteiger charge is 2.44. The average Bonchev–Trinajstić information content (AvgIpc) is 3.22. The normalized spacial score (nSPS) is 22.2. The molecule has 6 rings (SSSR count). The van der Waals surface area contributed by atoms with Crippen LogP contribution in [0.25, 0.3) is 16.6 Å². The van der Waals surface area contributed by atoms with E-state index in [0.717, 1.165) is 36.3 Å². The molecule has 4 amide bonds. The van der Waals surface area contributed by atoms with Crippen molar-refractivity contribution in [2.24, 2.45) is 16.6 Å². The van der Waals surface area contributed by atoms with Crippen molar-refractivity contribution < 1.29 is 19.2 Å². The summed E-state index contributed by atoms with van der Waals surface area (Å²) in [5.74, 6) is -1.45. The molecule has 1 saturated carbocycles. The monoisotopic (exact) mass is 599 g/mol. The maximum Gasteiger partial charge on any atom is 0.262 e. The van der Waals surface area contributed by atoms with Crippen LogP contribution < -0.4 is 16.4 Å². The van der Waals surface area contributed by atoms with Crippen LogP contribution >= 0.6 is 11.6 Å². The first-order valence-corrected chi connectivity index (χ1v) is 14.7. The Kier molecular flexibility index (Phi) is 7.90. The number of hydrogen-bond acceptors (Lipinski definition) is 9. The van der Waals surface area contributed by atoms with Gasteiger partial charge in [-0.2, -0.15) is 0 Å². The predicted octanol–water partition coefficient (Wildman–Crippen LogP) is 3.73.